The van der Waals surface area contributed by atoms with Gasteiger partial charge in [0.2, 0.25) is 0 Å². The number of hydrogen-bond acceptors (Lipinski definition) is 3. The Hall–Kier alpha value is -1.35. The first-order chi connectivity index (χ1) is 8.72. The topological polar surface area (TPSA) is 38.3 Å². The van der Waals surface area contributed by atoms with Crippen molar-refractivity contribution in [2.45, 2.75) is 38.1 Å². The van der Waals surface area contributed by atoms with Crippen LogP contribution >= 0.6 is 0 Å². The third-order valence-electron chi connectivity index (χ3n) is 3.72. The van der Waals surface area contributed by atoms with E-state index in [-0.39, 0.29) is 12.0 Å². The van der Waals surface area contributed by atoms with E-state index in [9.17, 15) is 4.79 Å². The number of fused-ring (bicyclic) bond motifs is 1. The fraction of sp³-hybridized carbons (Fsp3) is 0.533. The van der Waals surface area contributed by atoms with Gasteiger partial charge in [0.05, 0.1) is 7.11 Å². The van der Waals surface area contributed by atoms with Crippen LogP contribution in [0.1, 0.15) is 36.8 Å². The Morgan fingerprint density at radius 3 is 3.06 bits per heavy atom. The minimum absolute atomic E-state index is 0.195. The van der Waals surface area contributed by atoms with Gasteiger partial charge < -0.3 is 10.1 Å². The van der Waals surface area contributed by atoms with Crippen molar-refractivity contribution in [2.75, 3.05) is 13.7 Å². The highest BCUT2D eigenvalue weighted by atomic mass is 16.5. The summed E-state index contributed by atoms with van der Waals surface area (Å²) in [5.41, 5.74) is 2.90. The van der Waals surface area contributed by atoms with E-state index in [1.54, 1.807) is 0 Å². The molecule has 2 unspecified atom stereocenters. The Balaban J connectivity index is 1.97. The maximum Gasteiger partial charge on any atom is 0.322 e. The quantitative estimate of drug-likeness (QED) is 0.829. The molecule has 1 aromatic rings. The summed E-state index contributed by atoms with van der Waals surface area (Å²) in [6.07, 6.45) is 3.60. The molecule has 18 heavy (non-hydrogen) atoms. The second-order valence-electron chi connectivity index (χ2n) is 4.94. The number of carbonyl (C=O) groups is 1. The van der Waals surface area contributed by atoms with E-state index >= 15 is 0 Å². The van der Waals surface area contributed by atoms with Crippen molar-refractivity contribution in [1.82, 2.24) is 5.32 Å². The number of carbonyl (C=O) groups excluding carboxylic acids is 1. The average Bonchev–Trinajstić information content (AvgIpc) is 2.43. The molecule has 0 aliphatic heterocycles. The number of ether oxygens (including phenoxy) is 1. The molecule has 0 amide bonds. The van der Waals surface area contributed by atoms with Crippen LogP contribution in [0.15, 0.2) is 24.3 Å². The first-order valence-corrected chi connectivity index (χ1v) is 6.61. The number of rotatable bonds is 4. The molecule has 0 heterocycles. The summed E-state index contributed by atoms with van der Waals surface area (Å²) in [6, 6.07) is 8.39. The zero-order valence-corrected chi connectivity index (χ0v) is 11.1. The first kappa shape index (κ1) is 13.1. The summed E-state index contributed by atoms with van der Waals surface area (Å²) in [7, 11) is 1.43. The molecule has 0 spiro atoms. The van der Waals surface area contributed by atoms with Crippen LogP contribution in [0, 0.1) is 0 Å². The second kappa shape index (κ2) is 6.01. The third kappa shape index (κ3) is 2.91. The second-order valence-corrected chi connectivity index (χ2v) is 4.94. The van der Waals surface area contributed by atoms with E-state index in [2.05, 4.69) is 29.6 Å². The first-order valence-electron chi connectivity index (χ1n) is 6.61. The lowest BCUT2D eigenvalue weighted by Gasteiger charge is -2.26. The van der Waals surface area contributed by atoms with Crippen molar-refractivity contribution < 1.29 is 9.53 Å². The van der Waals surface area contributed by atoms with Crippen LogP contribution in [0.2, 0.25) is 0 Å². The van der Waals surface area contributed by atoms with Gasteiger partial charge in [0.25, 0.3) is 0 Å². The maximum atomic E-state index is 11.3. The summed E-state index contributed by atoms with van der Waals surface area (Å²) in [4.78, 5) is 11.3. The molecule has 3 nitrogen and oxygen atoms in total. The lowest BCUT2D eigenvalue weighted by atomic mass is 9.83. The van der Waals surface area contributed by atoms with Gasteiger partial charge in [-0.3, -0.25) is 4.79 Å². The van der Waals surface area contributed by atoms with Crippen LogP contribution in [-0.2, 0) is 16.0 Å². The number of esters is 1. The van der Waals surface area contributed by atoms with E-state index < -0.39 is 0 Å². The van der Waals surface area contributed by atoms with Crippen molar-refractivity contribution in [3.8, 4) is 0 Å². The molecule has 2 rings (SSSR count). The molecule has 3 heteroatoms. The summed E-state index contributed by atoms with van der Waals surface area (Å²) in [5.74, 6) is 0.321. The molecule has 1 aromatic carbocycles. The van der Waals surface area contributed by atoms with E-state index in [0.29, 0.717) is 5.92 Å². The minimum atomic E-state index is -0.232. The third-order valence-corrected chi connectivity index (χ3v) is 3.72. The highest BCUT2D eigenvalue weighted by Gasteiger charge is 2.21. The molecule has 0 aromatic heterocycles. The highest BCUT2D eigenvalue weighted by molar-refractivity contribution is 5.75. The van der Waals surface area contributed by atoms with Gasteiger partial charge in [-0.1, -0.05) is 24.3 Å². The Kier molecular flexibility index (Phi) is 4.37. The van der Waals surface area contributed by atoms with Crippen molar-refractivity contribution in [3.05, 3.63) is 35.4 Å². The fourth-order valence-corrected chi connectivity index (χ4v) is 2.65. The van der Waals surface area contributed by atoms with Gasteiger partial charge in [-0.25, -0.2) is 0 Å². The smallest absolute Gasteiger partial charge is 0.322 e. The standard InChI is InChI=1S/C15H21NO2/c1-11(15(17)18-2)16-10-13-8-5-7-12-6-3-4-9-14(12)13/h3-4,6,9,11,13,16H,5,7-8,10H2,1-2H3. The monoisotopic (exact) mass is 247 g/mol. The molecule has 0 bridgehead atoms. The van der Waals surface area contributed by atoms with Crippen LogP contribution in [-0.4, -0.2) is 25.7 Å². The number of hydrogen-bond donors (Lipinski definition) is 1. The molecule has 2 atom stereocenters. The lowest BCUT2D eigenvalue weighted by molar-refractivity contribution is -0.142. The van der Waals surface area contributed by atoms with Gasteiger partial charge >= 0.3 is 5.97 Å². The van der Waals surface area contributed by atoms with Gasteiger partial charge in [0, 0.05) is 6.54 Å². The van der Waals surface area contributed by atoms with Gasteiger partial charge in [-0.2, -0.15) is 0 Å². The van der Waals surface area contributed by atoms with E-state index in [1.807, 2.05) is 6.92 Å². The molecule has 0 radical (unpaired) electrons. The zero-order chi connectivity index (χ0) is 13.0. The molecule has 1 N–H and O–H groups in total. The van der Waals surface area contributed by atoms with Crippen molar-refractivity contribution in [2.24, 2.45) is 0 Å². The number of methoxy groups -OCH3 is 1. The number of nitrogens with one attached hydrogen (secondary N) is 1. The Labute approximate surface area is 109 Å². The van der Waals surface area contributed by atoms with E-state index in [4.69, 9.17) is 4.74 Å². The summed E-state index contributed by atoms with van der Waals surface area (Å²) >= 11 is 0. The van der Waals surface area contributed by atoms with Gasteiger partial charge in [-0.15, -0.1) is 0 Å². The summed E-state index contributed by atoms with van der Waals surface area (Å²) < 4.78 is 4.72. The molecule has 0 fully saturated rings. The predicted octanol–water partition coefficient (Wildman–Crippen LogP) is 2.26. The van der Waals surface area contributed by atoms with E-state index in [1.165, 1.54) is 37.5 Å². The number of benzene rings is 1. The molecule has 1 aliphatic carbocycles. The summed E-state index contributed by atoms with van der Waals surface area (Å²) in [5, 5.41) is 3.27. The highest BCUT2D eigenvalue weighted by Crippen LogP contribution is 2.30. The molecule has 0 saturated heterocycles. The Morgan fingerprint density at radius 1 is 1.50 bits per heavy atom. The average molecular weight is 247 g/mol. The summed E-state index contributed by atoms with van der Waals surface area (Å²) in [6.45, 7) is 2.69. The molecule has 98 valence electrons. The molecule has 0 saturated carbocycles. The fourth-order valence-electron chi connectivity index (χ4n) is 2.65. The van der Waals surface area contributed by atoms with Gasteiger partial charge in [0.15, 0.2) is 0 Å². The van der Waals surface area contributed by atoms with Crippen LogP contribution < -0.4 is 5.32 Å². The number of aryl methyl sites for hydroxylation is 1. The van der Waals surface area contributed by atoms with Crippen molar-refractivity contribution in [3.63, 3.8) is 0 Å². The lowest BCUT2D eigenvalue weighted by Crippen LogP contribution is -2.37. The Bertz CT molecular complexity index is 417. The Morgan fingerprint density at radius 2 is 2.28 bits per heavy atom. The predicted molar refractivity (Wildman–Crippen MR) is 71.6 cm³/mol. The van der Waals surface area contributed by atoms with Crippen LogP contribution in [0.4, 0.5) is 0 Å². The van der Waals surface area contributed by atoms with Crippen LogP contribution in [0.5, 0.6) is 0 Å². The minimum Gasteiger partial charge on any atom is -0.468 e. The largest absolute Gasteiger partial charge is 0.468 e. The van der Waals surface area contributed by atoms with Crippen LogP contribution in [0.25, 0.3) is 0 Å². The van der Waals surface area contributed by atoms with Crippen molar-refractivity contribution >= 4 is 5.97 Å². The maximum absolute atomic E-state index is 11.3. The zero-order valence-electron chi connectivity index (χ0n) is 11.1. The molecular formula is C15H21NO2. The molecule has 1 aliphatic rings. The SMILES string of the molecule is COC(=O)C(C)NCC1CCCc2ccccc21. The van der Waals surface area contributed by atoms with Gasteiger partial charge in [-0.05, 0) is 43.2 Å². The molecular weight excluding hydrogens is 226 g/mol. The normalized spacial score (nSPS) is 20.0. The van der Waals surface area contributed by atoms with Crippen LogP contribution in [0.3, 0.4) is 0 Å². The van der Waals surface area contributed by atoms with Gasteiger partial charge in [0.1, 0.15) is 6.04 Å². The van der Waals surface area contributed by atoms with E-state index in [0.717, 1.165) is 6.54 Å². The van der Waals surface area contributed by atoms with Crippen molar-refractivity contribution in [1.29, 1.82) is 0 Å².